The third-order valence-corrected chi connectivity index (χ3v) is 4.36. The van der Waals surface area contributed by atoms with Crippen molar-refractivity contribution in [3.63, 3.8) is 0 Å². The van der Waals surface area contributed by atoms with Crippen molar-refractivity contribution < 1.29 is 14.3 Å². The number of hydrogen-bond acceptors (Lipinski definition) is 3. The first-order chi connectivity index (χ1) is 12.3. The third kappa shape index (κ3) is 5.90. The van der Waals surface area contributed by atoms with Crippen molar-refractivity contribution >= 4 is 62.3 Å². The Morgan fingerprint density at radius 3 is 2.19 bits per heavy atom. The summed E-state index contributed by atoms with van der Waals surface area (Å²) < 4.78 is 6.02. The zero-order valence-corrected chi connectivity index (χ0v) is 17.2. The largest absolute Gasteiger partial charge is 0.481 e. The smallest absolute Gasteiger partial charge is 0.262 e. The van der Waals surface area contributed by atoms with E-state index in [0.717, 1.165) is 0 Å². The molecule has 0 unspecified atom stereocenters. The summed E-state index contributed by atoms with van der Waals surface area (Å²) >= 11 is 15.2. The number of nitrogens with one attached hydrogen (secondary N) is 2. The Kier molecular flexibility index (Phi) is 7.32. The van der Waals surface area contributed by atoms with E-state index in [0.29, 0.717) is 31.6 Å². The fourth-order valence-corrected chi connectivity index (χ4v) is 3.29. The molecular formula is C18H17BrCl2N2O3. The van der Waals surface area contributed by atoms with E-state index in [1.54, 1.807) is 30.3 Å². The van der Waals surface area contributed by atoms with Crippen LogP contribution in [0.1, 0.15) is 13.8 Å². The first-order valence-corrected chi connectivity index (χ1v) is 9.29. The Morgan fingerprint density at radius 2 is 1.65 bits per heavy atom. The Bertz CT molecular complexity index is 788. The van der Waals surface area contributed by atoms with Crippen LogP contribution < -0.4 is 15.4 Å². The van der Waals surface area contributed by atoms with Crippen LogP contribution in [0.2, 0.25) is 10.0 Å². The number of carbonyl (C=O) groups is 2. The minimum atomic E-state index is -0.345. The molecule has 0 aliphatic carbocycles. The van der Waals surface area contributed by atoms with Crippen LogP contribution in [0, 0.1) is 5.92 Å². The van der Waals surface area contributed by atoms with Crippen LogP contribution in [0.5, 0.6) is 5.75 Å². The lowest BCUT2D eigenvalue weighted by molar-refractivity contribution is -0.119. The summed E-state index contributed by atoms with van der Waals surface area (Å²) in [5.41, 5.74) is 1.25. The van der Waals surface area contributed by atoms with Crippen molar-refractivity contribution in [1.82, 2.24) is 0 Å². The monoisotopic (exact) mass is 458 g/mol. The number of ether oxygens (including phenoxy) is 1. The molecule has 0 spiro atoms. The van der Waals surface area contributed by atoms with Crippen LogP contribution in [-0.2, 0) is 9.59 Å². The summed E-state index contributed by atoms with van der Waals surface area (Å²) in [7, 11) is 0. The fourth-order valence-electron chi connectivity index (χ4n) is 1.93. The van der Waals surface area contributed by atoms with Crippen molar-refractivity contribution in [3.8, 4) is 5.75 Å². The van der Waals surface area contributed by atoms with Gasteiger partial charge in [0.2, 0.25) is 5.91 Å². The molecule has 0 saturated carbocycles. The standard InChI is InChI=1S/C18H17BrCl2N2O3/c1-10(2)18(25)23-13-5-3-12(4-6-13)22-16(24)9-26-17-14(19)7-11(20)8-15(17)21/h3-8,10H,9H2,1-2H3,(H,22,24)(H,23,25). The van der Waals surface area contributed by atoms with E-state index in [4.69, 9.17) is 27.9 Å². The normalized spacial score (nSPS) is 10.5. The molecular weight excluding hydrogens is 443 g/mol. The number of rotatable bonds is 6. The quantitative estimate of drug-likeness (QED) is 0.610. The number of amides is 2. The molecule has 2 aromatic rings. The van der Waals surface area contributed by atoms with Gasteiger partial charge in [-0.1, -0.05) is 37.0 Å². The third-order valence-electron chi connectivity index (χ3n) is 3.27. The Morgan fingerprint density at radius 1 is 1.08 bits per heavy atom. The van der Waals surface area contributed by atoms with E-state index >= 15 is 0 Å². The molecule has 2 N–H and O–H groups in total. The van der Waals surface area contributed by atoms with Crippen LogP contribution >= 0.6 is 39.1 Å². The van der Waals surface area contributed by atoms with Crippen LogP contribution in [-0.4, -0.2) is 18.4 Å². The molecule has 8 heteroatoms. The Labute approximate surface area is 170 Å². The van der Waals surface area contributed by atoms with E-state index in [-0.39, 0.29) is 24.3 Å². The SMILES string of the molecule is CC(C)C(=O)Nc1ccc(NC(=O)COc2c(Cl)cc(Cl)cc2Br)cc1. The summed E-state index contributed by atoms with van der Waals surface area (Å²) in [6.07, 6.45) is 0. The maximum Gasteiger partial charge on any atom is 0.262 e. The van der Waals surface area contributed by atoms with Crippen LogP contribution in [0.4, 0.5) is 11.4 Å². The molecule has 0 aliphatic rings. The van der Waals surface area contributed by atoms with Gasteiger partial charge in [-0.05, 0) is 52.3 Å². The van der Waals surface area contributed by atoms with Gasteiger partial charge in [0.25, 0.3) is 5.91 Å². The molecule has 0 bridgehead atoms. The van der Waals surface area contributed by atoms with E-state index in [1.165, 1.54) is 6.07 Å². The zero-order chi connectivity index (χ0) is 19.3. The first kappa shape index (κ1) is 20.6. The summed E-state index contributed by atoms with van der Waals surface area (Å²) in [6, 6.07) is 9.97. The van der Waals surface area contributed by atoms with Gasteiger partial charge in [-0.15, -0.1) is 0 Å². The fraction of sp³-hybridized carbons (Fsp3) is 0.222. The van der Waals surface area contributed by atoms with Crippen molar-refractivity contribution in [3.05, 3.63) is 50.9 Å². The van der Waals surface area contributed by atoms with Gasteiger partial charge in [0, 0.05) is 22.3 Å². The highest BCUT2D eigenvalue weighted by Crippen LogP contribution is 2.36. The van der Waals surface area contributed by atoms with E-state index in [1.807, 2.05) is 13.8 Å². The minimum Gasteiger partial charge on any atom is -0.481 e. The molecule has 0 heterocycles. The summed E-state index contributed by atoms with van der Waals surface area (Å²) in [5.74, 6) is -0.175. The van der Waals surface area contributed by atoms with E-state index in [9.17, 15) is 9.59 Å². The number of hydrogen-bond donors (Lipinski definition) is 2. The predicted octanol–water partition coefficient (Wildman–Crippen LogP) is 5.37. The maximum absolute atomic E-state index is 12.0. The Hall–Kier alpha value is -1.76. The van der Waals surface area contributed by atoms with Crippen molar-refractivity contribution in [2.45, 2.75) is 13.8 Å². The molecule has 0 aromatic heterocycles. The highest BCUT2D eigenvalue weighted by Gasteiger charge is 2.12. The number of halogens is 3. The molecule has 0 saturated heterocycles. The Balaban J connectivity index is 1.91. The van der Waals surface area contributed by atoms with Crippen molar-refractivity contribution in [2.75, 3.05) is 17.2 Å². The highest BCUT2D eigenvalue weighted by molar-refractivity contribution is 9.10. The average Bonchev–Trinajstić information content (AvgIpc) is 2.55. The molecule has 0 atom stereocenters. The average molecular weight is 460 g/mol. The second-order valence-electron chi connectivity index (χ2n) is 5.76. The molecule has 2 aromatic carbocycles. The first-order valence-electron chi connectivity index (χ1n) is 7.74. The second-order valence-corrected chi connectivity index (χ2v) is 7.45. The molecule has 2 amide bonds. The summed E-state index contributed by atoms with van der Waals surface area (Å²) in [4.78, 5) is 23.7. The zero-order valence-electron chi connectivity index (χ0n) is 14.1. The van der Waals surface area contributed by atoms with Crippen molar-refractivity contribution in [2.24, 2.45) is 5.92 Å². The predicted molar refractivity (Wildman–Crippen MR) is 108 cm³/mol. The highest BCUT2D eigenvalue weighted by atomic mass is 79.9. The van der Waals surface area contributed by atoms with E-state index < -0.39 is 0 Å². The van der Waals surface area contributed by atoms with Crippen LogP contribution in [0.25, 0.3) is 0 Å². The van der Waals surface area contributed by atoms with Gasteiger partial charge in [0.05, 0.1) is 9.50 Å². The lowest BCUT2D eigenvalue weighted by Gasteiger charge is -2.11. The molecule has 5 nitrogen and oxygen atoms in total. The van der Waals surface area contributed by atoms with Gasteiger partial charge in [0.15, 0.2) is 12.4 Å². The van der Waals surface area contributed by atoms with Crippen LogP contribution in [0.15, 0.2) is 40.9 Å². The van der Waals surface area contributed by atoms with Crippen LogP contribution in [0.3, 0.4) is 0 Å². The topological polar surface area (TPSA) is 67.4 Å². The number of benzene rings is 2. The summed E-state index contributed by atoms with van der Waals surface area (Å²) in [5, 5.41) is 6.25. The van der Waals surface area contributed by atoms with Gasteiger partial charge in [0.1, 0.15) is 0 Å². The molecule has 0 aliphatic heterocycles. The molecule has 26 heavy (non-hydrogen) atoms. The van der Waals surface area contributed by atoms with Gasteiger partial charge in [-0.2, -0.15) is 0 Å². The van der Waals surface area contributed by atoms with Gasteiger partial charge >= 0.3 is 0 Å². The van der Waals surface area contributed by atoms with Gasteiger partial charge in [-0.3, -0.25) is 9.59 Å². The maximum atomic E-state index is 12.0. The second kappa shape index (κ2) is 9.26. The van der Waals surface area contributed by atoms with Crippen molar-refractivity contribution in [1.29, 1.82) is 0 Å². The van der Waals surface area contributed by atoms with E-state index in [2.05, 4.69) is 26.6 Å². The minimum absolute atomic E-state index is 0.0689. The summed E-state index contributed by atoms with van der Waals surface area (Å²) in [6.45, 7) is 3.41. The van der Waals surface area contributed by atoms with Gasteiger partial charge in [-0.25, -0.2) is 0 Å². The molecule has 2 rings (SSSR count). The lowest BCUT2D eigenvalue weighted by atomic mass is 10.2. The number of anilines is 2. The number of carbonyl (C=O) groups excluding carboxylic acids is 2. The molecule has 0 fully saturated rings. The lowest BCUT2D eigenvalue weighted by Crippen LogP contribution is -2.20. The van der Waals surface area contributed by atoms with Gasteiger partial charge < -0.3 is 15.4 Å². The molecule has 138 valence electrons. The molecule has 0 radical (unpaired) electrons.